The zero-order valence-corrected chi connectivity index (χ0v) is 16.8. The van der Waals surface area contributed by atoms with Crippen molar-refractivity contribution in [1.29, 1.82) is 0 Å². The van der Waals surface area contributed by atoms with Crippen LogP contribution in [0.1, 0.15) is 129 Å². The van der Waals surface area contributed by atoms with Crippen LogP contribution in [0.25, 0.3) is 0 Å². The average molecular weight is 340 g/mol. The lowest BCUT2D eigenvalue weighted by Gasteiger charge is -2.13. The van der Waals surface area contributed by atoms with E-state index in [1.54, 1.807) is 0 Å². The Bertz CT molecular complexity index is 265. The van der Waals surface area contributed by atoms with Crippen molar-refractivity contribution in [2.24, 2.45) is 11.7 Å². The van der Waals surface area contributed by atoms with Gasteiger partial charge < -0.3 is 5.73 Å². The fourth-order valence-electron chi connectivity index (χ4n) is 3.48. The molecule has 0 aromatic carbocycles. The molecule has 1 unspecified atom stereocenters. The minimum absolute atomic E-state index is 0.0699. The highest BCUT2D eigenvalue weighted by Crippen LogP contribution is 2.19. The third-order valence-corrected chi connectivity index (χ3v) is 5.21. The maximum Gasteiger partial charge on any atom is 0.220 e. The molecule has 1 amide bonds. The molecule has 2 N–H and O–H groups in total. The summed E-state index contributed by atoms with van der Waals surface area (Å²) in [5.41, 5.74) is 5.58. The molecule has 0 saturated carbocycles. The van der Waals surface area contributed by atoms with Crippen molar-refractivity contribution in [2.45, 2.75) is 129 Å². The Kier molecular flexibility index (Phi) is 18.4. The molecule has 0 bridgehead atoms. The molecule has 0 saturated heterocycles. The molecule has 0 aliphatic rings. The SMILES string of the molecule is CCCCCCCCCCCCC(CCCCCCCC)C(N)=O. The van der Waals surface area contributed by atoms with Crippen molar-refractivity contribution in [3.63, 3.8) is 0 Å². The monoisotopic (exact) mass is 339 g/mol. The molecule has 0 aliphatic heterocycles. The first-order chi connectivity index (χ1) is 11.7. The van der Waals surface area contributed by atoms with Crippen molar-refractivity contribution in [2.75, 3.05) is 0 Å². The average Bonchev–Trinajstić information content (AvgIpc) is 2.57. The van der Waals surface area contributed by atoms with Gasteiger partial charge in [-0.1, -0.05) is 117 Å². The fourth-order valence-corrected chi connectivity index (χ4v) is 3.48. The molecule has 2 heteroatoms. The topological polar surface area (TPSA) is 43.1 Å². The fraction of sp³-hybridized carbons (Fsp3) is 0.955. The van der Waals surface area contributed by atoms with E-state index in [0.717, 1.165) is 12.8 Å². The Labute approximate surface area is 152 Å². The summed E-state index contributed by atoms with van der Waals surface area (Å²) in [6, 6.07) is 0. The molecule has 0 aromatic heterocycles. The molecule has 1 atom stereocenters. The van der Waals surface area contributed by atoms with Crippen LogP contribution in [0.2, 0.25) is 0 Å². The normalized spacial score (nSPS) is 12.4. The van der Waals surface area contributed by atoms with Gasteiger partial charge >= 0.3 is 0 Å². The van der Waals surface area contributed by atoms with Crippen LogP contribution in [0.3, 0.4) is 0 Å². The van der Waals surface area contributed by atoms with E-state index in [0.29, 0.717) is 0 Å². The third kappa shape index (κ3) is 16.3. The van der Waals surface area contributed by atoms with Crippen LogP contribution in [0.4, 0.5) is 0 Å². The van der Waals surface area contributed by atoms with Gasteiger partial charge in [0.1, 0.15) is 0 Å². The van der Waals surface area contributed by atoms with Crippen molar-refractivity contribution >= 4 is 5.91 Å². The molecule has 0 heterocycles. The summed E-state index contributed by atoms with van der Waals surface area (Å²) in [5.74, 6) is 0.0599. The van der Waals surface area contributed by atoms with E-state index in [-0.39, 0.29) is 11.8 Å². The van der Waals surface area contributed by atoms with E-state index in [1.807, 2.05) is 0 Å². The van der Waals surface area contributed by atoms with Crippen LogP contribution in [0, 0.1) is 5.92 Å². The Hall–Kier alpha value is -0.530. The van der Waals surface area contributed by atoms with Crippen molar-refractivity contribution in [1.82, 2.24) is 0 Å². The van der Waals surface area contributed by atoms with E-state index in [1.165, 1.54) is 103 Å². The number of carbonyl (C=O) groups is 1. The number of unbranched alkanes of at least 4 members (excludes halogenated alkanes) is 14. The Morgan fingerprint density at radius 1 is 0.583 bits per heavy atom. The van der Waals surface area contributed by atoms with E-state index < -0.39 is 0 Å². The van der Waals surface area contributed by atoms with Crippen molar-refractivity contribution in [3.05, 3.63) is 0 Å². The van der Waals surface area contributed by atoms with Gasteiger partial charge in [0.2, 0.25) is 5.91 Å². The first-order valence-corrected chi connectivity index (χ1v) is 11.0. The Balaban J connectivity index is 3.46. The molecule has 0 spiro atoms. The molecule has 144 valence electrons. The van der Waals surface area contributed by atoms with Crippen LogP contribution in [0.15, 0.2) is 0 Å². The van der Waals surface area contributed by atoms with E-state index in [4.69, 9.17) is 5.73 Å². The van der Waals surface area contributed by atoms with Crippen molar-refractivity contribution in [3.8, 4) is 0 Å². The first-order valence-electron chi connectivity index (χ1n) is 11.0. The van der Waals surface area contributed by atoms with Crippen molar-refractivity contribution < 1.29 is 4.79 Å². The molecule has 0 aromatic rings. The third-order valence-electron chi connectivity index (χ3n) is 5.21. The summed E-state index contributed by atoms with van der Waals surface area (Å²) in [6.07, 6.45) is 23.3. The van der Waals surface area contributed by atoms with E-state index in [2.05, 4.69) is 13.8 Å². The van der Waals surface area contributed by atoms with Gasteiger partial charge in [-0.05, 0) is 12.8 Å². The predicted octanol–water partition coefficient (Wildman–Crippen LogP) is 7.15. The zero-order chi connectivity index (χ0) is 17.9. The quantitative estimate of drug-likeness (QED) is 0.249. The molecular weight excluding hydrogens is 294 g/mol. The highest BCUT2D eigenvalue weighted by atomic mass is 16.1. The van der Waals surface area contributed by atoms with Gasteiger partial charge in [0.25, 0.3) is 0 Å². The number of hydrogen-bond donors (Lipinski definition) is 1. The Morgan fingerprint density at radius 3 is 1.17 bits per heavy atom. The highest BCUT2D eigenvalue weighted by Gasteiger charge is 2.14. The largest absolute Gasteiger partial charge is 0.369 e. The lowest BCUT2D eigenvalue weighted by Crippen LogP contribution is -2.23. The maximum atomic E-state index is 11.6. The highest BCUT2D eigenvalue weighted by molar-refractivity contribution is 5.76. The molecule has 0 fully saturated rings. The standard InChI is InChI=1S/C22H45NO/c1-3-5-7-9-11-12-13-14-16-18-20-21(22(23)24)19-17-15-10-8-6-4-2/h21H,3-20H2,1-2H3,(H2,23,24). The van der Waals surface area contributed by atoms with Gasteiger partial charge in [0, 0.05) is 5.92 Å². The molecule has 0 aliphatic carbocycles. The summed E-state index contributed by atoms with van der Waals surface area (Å²) in [4.78, 5) is 11.6. The van der Waals surface area contributed by atoms with E-state index in [9.17, 15) is 4.79 Å². The lowest BCUT2D eigenvalue weighted by molar-refractivity contribution is -0.122. The van der Waals surface area contributed by atoms with Gasteiger partial charge in [-0.2, -0.15) is 0 Å². The van der Waals surface area contributed by atoms with Gasteiger partial charge in [-0.15, -0.1) is 0 Å². The van der Waals surface area contributed by atoms with Crippen LogP contribution in [-0.4, -0.2) is 5.91 Å². The molecule has 24 heavy (non-hydrogen) atoms. The van der Waals surface area contributed by atoms with Gasteiger partial charge in [-0.25, -0.2) is 0 Å². The van der Waals surface area contributed by atoms with Crippen LogP contribution < -0.4 is 5.73 Å². The zero-order valence-electron chi connectivity index (χ0n) is 16.8. The molecular formula is C22H45NO. The predicted molar refractivity (Wildman–Crippen MR) is 107 cm³/mol. The second-order valence-corrected chi connectivity index (χ2v) is 7.63. The van der Waals surface area contributed by atoms with Gasteiger partial charge in [0.05, 0.1) is 0 Å². The maximum absolute atomic E-state index is 11.6. The molecule has 2 nitrogen and oxygen atoms in total. The smallest absolute Gasteiger partial charge is 0.220 e. The number of hydrogen-bond acceptors (Lipinski definition) is 1. The van der Waals surface area contributed by atoms with E-state index >= 15 is 0 Å². The number of nitrogens with two attached hydrogens (primary N) is 1. The minimum Gasteiger partial charge on any atom is -0.369 e. The molecule has 0 rings (SSSR count). The number of carbonyl (C=O) groups excluding carboxylic acids is 1. The number of amides is 1. The lowest BCUT2D eigenvalue weighted by atomic mass is 9.93. The second kappa shape index (κ2) is 18.8. The summed E-state index contributed by atoms with van der Waals surface area (Å²) in [7, 11) is 0. The summed E-state index contributed by atoms with van der Waals surface area (Å²) in [5, 5.41) is 0. The van der Waals surface area contributed by atoms with Crippen LogP contribution in [-0.2, 0) is 4.79 Å². The first kappa shape index (κ1) is 23.5. The second-order valence-electron chi connectivity index (χ2n) is 7.63. The number of primary amides is 1. The van der Waals surface area contributed by atoms with Gasteiger partial charge in [-0.3, -0.25) is 4.79 Å². The Morgan fingerprint density at radius 2 is 0.875 bits per heavy atom. The van der Waals surface area contributed by atoms with Gasteiger partial charge in [0.15, 0.2) is 0 Å². The summed E-state index contributed by atoms with van der Waals surface area (Å²) in [6.45, 7) is 4.52. The minimum atomic E-state index is -0.0699. The summed E-state index contributed by atoms with van der Waals surface area (Å²) < 4.78 is 0. The summed E-state index contributed by atoms with van der Waals surface area (Å²) >= 11 is 0. The molecule has 0 radical (unpaired) electrons. The number of rotatable bonds is 19. The van der Waals surface area contributed by atoms with Crippen LogP contribution >= 0.6 is 0 Å². The van der Waals surface area contributed by atoms with Crippen LogP contribution in [0.5, 0.6) is 0 Å².